The maximum atomic E-state index is 4.41. The molecule has 0 spiro atoms. The molecular formula is C10H9IN4. The summed E-state index contributed by atoms with van der Waals surface area (Å²) >= 11 is 2.14. The van der Waals surface area contributed by atoms with Gasteiger partial charge in [0.1, 0.15) is 0 Å². The molecule has 5 heteroatoms. The molecule has 0 amide bonds. The number of para-hydroxylation sites is 1. The molecule has 4 nitrogen and oxygen atoms in total. The normalized spacial score (nSPS) is 14.3. The highest BCUT2D eigenvalue weighted by molar-refractivity contribution is 14.1. The third-order valence-electron chi connectivity index (χ3n) is 2.47. The number of nitrogens with zero attached hydrogens (tertiary/aromatic N) is 4. The minimum absolute atomic E-state index is 0.809. The minimum Gasteiger partial charge on any atom is -0.309 e. The van der Waals surface area contributed by atoms with Gasteiger partial charge in [-0.25, -0.2) is 4.68 Å². The maximum absolute atomic E-state index is 4.41. The Bertz CT molecular complexity index is 479. The van der Waals surface area contributed by atoms with Gasteiger partial charge in [0.2, 0.25) is 9.78 Å². The van der Waals surface area contributed by atoms with Gasteiger partial charge in [0.15, 0.2) is 0 Å². The molecule has 1 aliphatic rings. The molecule has 15 heavy (non-hydrogen) atoms. The van der Waals surface area contributed by atoms with Crippen LogP contribution in [0.1, 0.15) is 0 Å². The Hall–Kier alpha value is -1.11. The van der Waals surface area contributed by atoms with Gasteiger partial charge in [-0.05, 0) is 12.1 Å². The number of rotatable bonds is 1. The molecule has 0 atom stereocenters. The van der Waals surface area contributed by atoms with Crippen LogP contribution in [-0.2, 0) is 6.54 Å². The number of hydrogen-bond acceptors (Lipinski definition) is 3. The Morgan fingerprint density at radius 3 is 2.73 bits per heavy atom. The summed E-state index contributed by atoms with van der Waals surface area (Å²) in [5, 5.41) is 4.32. The van der Waals surface area contributed by atoms with Crippen LogP contribution in [0, 0.1) is 3.83 Å². The van der Waals surface area contributed by atoms with Crippen LogP contribution in [0.3, 0.4) is 0 Å². The maximum Gasteiger partial charge on any atom is 0.229 e. The van der Waals surface area contributed by atoms with Crippen LogP contribution in [0.15, 0.2) is 30.3 Å². The molecule has 2 aromatic rings. The fourth-order valence-electron chi connectivity index (χ4n) is 1.80. The van der Waals surface area contributed by atoms with Crippen molar-refractivity contribution in [3.05, 3.63) is 34.2 Å². The van der Waals surface area contributed by atoms with Gasteiger partial charge in [-0.15, -0.1) is 5.10 Å². The Morgan fingerprint density at radius 2 is 1.93 bits per heavy atom. The van der Waals surface area contributed by atoms with Gasteiger partial charge >= 0.3 is 0 Å². The standard InChI is InChI=1S/C10H9IN4/c11-9-12-10-14(6-7-15(10)13-9)8-4-2-1-3-5-8/h1-5H,6-7H2. The SMILES string of the molecule is Ic1nc2n(n1)CCN2c1ccccc1. The fraction of sp³-hybridized carbons (Fsp3) is 0.200. The molecule has 0 aliphatic carbocycles. The van der Waals surface area contributed by atoms with E-state index in [4.69, 9.17) is 0 Å². The van der Waals surface area contributed by atoms with Gasteiger partial charge in [0, 0.05) is 34.8 Å². The van der Waals surface area contributed by atoms with E-state index in [1.54, 1.807) is 0 Å². The minimum atomic E-state index is 0.809. The van der Waals surface area contributed by atoms with Crippen LogP contribution in [-0.4, -0.2) is 21.3 Å². The Kier molecular flexibility index (Phi) is 2.12. The number of aromatic nitrogens is 3. The van der Waals surface area contributed by atoms with Crippen molar-refractivity contribution < 1.29 is 0 Å². The second-order valence-corrected chi connectivity index (χ2v) is 4.36. The molecule has 0 saturated carbocycles. The van der Waals surface area contributed by atoms with E-state index in [1.165, 1.54) is 5.69 Å². The predicted molar refractivity (Wildman–Crippen MR) is 66.2 cm³/mol. The van der Waals surface area contributed by atoms with Crippen molar-refractivity contribution >= 4 is 34.2 Å². The first-order valence-corrected chi connectivity index (χ1v) is 5.85. The van der Waals surface area contributed by atoms with Crippen molar-refractivity contribution in [3.8, 4) is 0 Å². The Morgan fingerprint density at radius 1 is 1.13 bits per heavy atom. The van der Waals surface area contributed by atoms with Gasteiger partial charge in [-0.2, -0.15) is 4.98 Å². The summed E-state index contributed by atoms with van der Waals surface area (Å²) in [4.78, 5) is 6.60. The van der Waals surface area contributed by atoms with E-state index in [2.05, 4.69) is 49.7 Å². The zero-order chi connectivity index (χ0) is 10.3. The highest BCUT2D eigenvalue weighted by Crippen LogP contribution is 2.27. The van der Waals surface area contributed by atoms with E-state index in [9.17, 15) is 0 Å². The largest absolute Gasteiger partial charge is 0.309 e. The molecule has 1 aliphatic heterocycles. The lowest BCUT2D eigenvalue weighted by atomic mass is 10.3. The van der Waals surface area contributed by atoms with E-state index < -0.39 is 0 Å². The van der Waals surface area contributed by atoms with Crippen molar-refractivity contribution in [1.29, 1.82) is 0 Å². The summed E-state index contributed by atoms with van der Waals surface area (Å²) in [7, 11) is 0. The molecule has 0 N–H and O–H groups in total. The molecule has 0 unspecified atom stereocenters. The summed E-state index contributed by atoms with van der Waals surface area (Å²) in [5.74, 6) is 0.950. The summed E-state index contributed by atoms with van der Waals surface area (Å²) in [5.41, 5.74) is 1.18. The van der Waals surface area contributed by atoms with E-state index in [0.29, 0.717) is 0 Å². The first-order chi connectivity index (χ1) is 7.34. The van der Waals surface area contributed by atoms with E-state index in [0.717, 1.165) is 22.9 Å². The zero-order valence-electron chi connectivity index (χ0n) is 7.97. The average Bonchev–Trinajstić information content (AvgIpc) is 2.77. The summed E-state index contributed by atoms with van der Waals surface area (Å²) in [6, 6.07) is 10.3. The average molecular weight is 312 g/mol. The summed E-state index contributed by atoms with van der Waals surface area (Å²) in [6.45, 7) is 1.87. The van der Waals surface area contributed by atoms with Crippen LogP contribution in [0.2, 0.25) is 0 Å². The lowest BCUT2D eigenvalue weighted by Crippen LogP contribution is -2.14. The lowest BCUT2D eigenvalue weighted by Gasteiger charge is -2.14. The molecule has 76 valence electrons. The second kappa shape index (κ2) is 3.48. The second-order valence-electron chi connectivity index (χ2n) is 3.39. The Labute approximate surface area is 101 Å². The highest BCUT2D eigenvalue weighted by atomic mass is 127. The third-order valence-corrected chi connectivity index (χ3v) is 2.93. The van der Waals surface area contributed by atoms with Gasteiger partial charge in [0.05, 0.1) is 6.54 Å². The Balaban J connectivity index is 2.03. The number of hydrogen-bond donors (Lipinski definition) is 0. The van der Waals surface area contributed by atoms with Crippen LogP contribution in [0.25, 0.3) is 0 Å². The van der Waals surface area contributed by atoms with Crippen LogP contribution < -0.4 is 4.90 Å². The smallest absolute Gasteiger partial charge is 0.229 e. The molecule has 0 bridgehead atoms. The molecule has 1 aromatic carbocycles. The van der Waals surface area contributed by atoms with E-state index >= 15 is 0 Å². The first-order valence-electron chi connectivity index (χ1n) is 4.77. The van der Waals surface area contributed by atoms with Crippen molar-refractivity contribution in [1.82, 2.24) is 14.8 Å². The van der Waals surface area contributed by atoms with Crippen LogP contribution >= 0.6 is 22.6 Å². The summed E-state index contributed by atoms with van der Waals surface area (Å²) in [6.07, 6.45) is 0. The van der Waals surface area contributed by atoms with Crippen molar-refractivity contribution in [3.63, 3.8) is 0 Å². The number of anilines is 2. The molecule has 1 aromatic heterocycles. The summed E-state index contributed by atoms with van der Waals surface area (Å²) < 4.78 is 2.76. The molecule has 0 radical (unpaired) electrons. The van der Waals surface area contributed by atoms with E-state index in [1.807, 2.05) is 22.9 Å². The van der Waals surface area contributed by atoms with Crippen LogP contribution in [0.4, 0.5) is 11.6 Å². The molecule has 0 fully saturated rings. The number of benzene rings is 1. The van der Waals surface area contributed by atoms with E-state index in [-0.39, 0.29) is 0 Å². The number of halogens is 1. The van der Waals surface area contributed by atoms with Crippen LogP contribution in [0.5, 0.6) is 0 Å². The molecule has 2 heterocycles. The van der Waals surface area contributed by atoms with Gasteiger partial charge in [-0.1, -0.05) is 18.2 Å². The predicted octanol–water partition coefficient (Wildman–Crippen LogP) is 2.03. The fourth-order valence-corrected chi connectivity index (χ4v) is 2.28. The topological polar surface area (TPSA) is 34.0 Å². The lowest BCUT2D eigenvalue weighted by molar-refractivity contribution is 0.686. The molecular weight excluding hydrogens is 303 g/mol. The highest BCUT2D eigenvalue weighted by Gasteiger charge is 2.23. The zero-order valence-corrected chi connectivity index (χ0v) is 10.1. The van der Waals surface area contributed by atoms with Gasteiger partial charge < -0.3 is 4.90 Å². The van der Waals surface area contributed by atoms with Gasteiger partial charge in [-0.3, -0.25) is 0 Å². The third kappa shape index (κ3) is 1.50. The van der Waals surface area contributed by atoms with Crippen molar-refractivity contribution in [2.45, 2.75) is 6.54 Å². The monoisotopic (exact) mass is 312 g/mol. The van der Waals surface area contributed by atoms with Gasteiger partial charge in [0.25, 0.3) is 0 Å². The number of fused-ring (bicyclic) bond motifs is 1. The molecule has 3 rings (SSSR count). The first kappa shape index (κ1) is 9.14. The quantitative estimate of drug-likeness (QED) is 0.756. The molecule has 0 saturated heterocycles. The van der Waals surface area contributed by atoms with Crippen molar-refractivity contribution in [2.75, 3.05) is 11.4 Å². The van der Waals surface area contributed by atoms with Crippen molar-refractivity contribution in [2.24, 2.45) is 0 Å².